The average molecular weight is 358 g/mol. The van der Waals surface area contributed by atoms with Crippen LogP contribution in [0.15, 0.2) is 30.5 Å². The van der Waals surface area contributed by atoms with Gasteiger partial charge in [-0.25, -0.2) is 4.79 Å². The lowest BCUT2D eigenvalue weighted by Crippen LogP contribution is -3.14. The van der Waals surface area contributed by atoms with Crippen molar-refractivity contribution in [3.63, 3.8) is 0 Å². The molecule has 0 spiro atoms. The van der Waals surface area contributed by atoms with Crippen molar-refractivity contribution in [2.45, 2.75) is 32.2 Å². The zero-order valence-electron chi connectivity index (χ0n) is 15.5. The lowest BCUT2D eigenvalue weighted by Gasteiger charge is -2.27. The highest BCUT2D eigenvalue weighted by molar-refractivity contribution is 5.87. The van der Waals surface area contributed by atoms with E-state index in [-0.39, 0.29) is 5.91 Å². The maximum absolute atomic E-state index is 12.5. The van der Waals surface area contributed by atoms with Crippen LogP contribution in [0.4, 0.5) is 0 Å². The summed E-state index contributed by atoms with van der Waals surface area (Å²) in [6.45, 7) is 4.69. The van der Waals surface area contributed by atoms with E-state index in [4.69, 9.17) is 4.74 Å². The Morgan fingerprint density at radius 2 is 2.04 bits per heavy atom. The van der Waals surface area contributed by atoms with E-state index >= 15 is 0 Å². The zero-order chi connectivity index (χ0) is 18.5. The van der Waals surface area contributed by atoms with Crippen molar-refractivity contribution in [3.05, 3.63) is 36.0 Å². The number of aromatic nitrogens is 1. The molecule has 0 unspecified atom stereocenters. The Balaban J connectivity index is 1.64. The van der Waals surface area contributed by atoms with E-state index in [1.807, 2.05) is 30.5 Å². The number of carbonyl (C=O) groups excluding carboxylic acids is 2. The van der Waals surface area contributed by atoms with Gasteiger partial charge in [-0.05, 0) is 30.4 Å². The third-order valence-corrected chi connectivity index (χ3v) is 5.31. The van der Waals surface area contributed by atoms with Crippen LogP contribution in [0, 0.1) is 5.92 Å². The number of likely N-dealkylation sites (tertiary alicyclic amines) is 1. The number of para-hydroxylation sites is 1. The van der Waals surface area contributed by atoms with E-state index in [0.717, 1.165) is 48.3 Å². The van der Waals surface area contributed by atoms with Crippen LogP contribution < -0.4 is 10.2 Å². The lowest BCUT2D eigenvalue weighted by atomic mass is 9.99. The topological polar surface area (TPSA) is 75.6 Å². The summed E-state index contributed by atoms with van der Waals surface area (Å²) in [4.78, 5) is 29.2. The average Bonchev–Trinajstić information content (AvgIpc) is 3.05. The van der Waals surface area contributed by atoms with Crippen molar-refractivity contribution >= 4 is 22.8 Å². The largest absolute Gasteiger partial charge is 0.467 e. The quantitative estimate of drug-likeness (QED) is 0.665. The molecule has 6 heteroatoms. The van der Waals surface area contributed by atoms with Gasteiger partial charge in [0.05, 0.1) is 20.2 Å². The highest BCUT2D eigenvalue weighted by atomic mass is 16.5. The van der Waals surface area contributed by atoms with E-state index in [2.05, 4.69) is 17.2 Å². The molecule has 26 heavy (non-hydrogen) atoms. The van der Waals surface area contributed by atoms with Crippen LogP contribution in [-0.2, 0) is 20.7 Å². The maximum Gasteiger partial charge on any atom is 0.328 e. The number of hydrogen-bond donors (Lipinski definition) is 3. The third kappa shape index (κ3) is 4.43. The standard InChI is InChI=1S/C20H27N3O3/c1-14-7-9-23(10-8-14)13-19(24)22-18(20(25)26-2)11-15-12-21-17-6-4-3-5-16(15)17/h3-6,12,14,18,21H,7-11,13H2,1-2H3,(H,22,24)/p+1/t18-/m0/s1. The first-order valence-corrected chi connectivity index (χ1v) is 9.32. The molecule has 1 atom stereocenters. The molecule has 1 aliphatic heterocycles. The van der Waals surface area contributed by atoms with E-state index in [1.54, 1.807) is 0 Å². The molecule has 1 aliphatic rings. The van der Waals surface area contributed by atoms with Crippen molar-refractivity contribution in [2.24, 2.45) is 5.92 Å². The minimum absolute atomic E-state index is 0.0928. The number of esters is 1. The minimum Gasteiger partial charge on any atom is -0.467 e. The van der Waals surface area contributed by atoms with Crippen LogP contribution in [0.1, 0.15) is 25.3 Å². The van der Waals surface area contributed by atoms with Crippen molar-refractivity contribution in [2.75, 3.05) is 26.7 Å². The monoisotopic (exact) mass is 358 g/mol. The number of benzene rings is 1. The van der Waals surface area contributed by atoms with E-state index in [9.17, 15) is 9.59 Å². The van der Waals surface area contributed by atoms with Gasteiger partial charge >= 0.3 is 5.97 Å². The predicted octanol–water partition coefficient (Wildman–Crippen LogP) is 0.683. The van der Waals surface area contributed by atoms with Gasteiger partial charge in [-0.1, -0.05) is 25.1 Å². The number of piperidine rings is 1. The molecule has 2 heterocycles. The Morgan fingerprint density at radius 1 is 1.31 bits per heavy atom. The van der Waals surface area contributed by atoms with Gasteiger partial charge in [0.15, 0.2) is 6.54 Å². The fourth-order valence-electron chi connectivity index (χ4n) is 3.68. The van der Waals surface area contributed by atoms with E-state index in [0.29, 0.717) is 13.0 Å². The van der Waals surface area contributed by atoms with Gasteiger partial charge in [0.2, 0.25) is 0 Å². The molecule has 140 valence electrons. The molecule has 0 radical (unpaired) electrons. The molecule has 3 N–H and O–H groups in total. The van der Waals surface area contributed by atoms with Crippen LogP contribution in [0.5, 0.6) is 0 Å². The van der Waals surface area contributed by atoms with Gasteiger partial charge in [-0.2, -0.15) is 0 Å². The number of aromatic amines is 1. The molecule has 1 aromatic carbocycles. The second kappa shape index (κ2) is 8.36. The molecule has 6 nitrogen and oxygen atoms in total. The molecule has 2 aromatic rings. The Kier molecular flexibility index (Phi) is 5.93. The summed E-state index contributed by atoms with van der Waals surface area (Å²) in [5.41, 5.74) is 2.01. The smallest absolute Gasteiger partial charge is 0.328 e. The number of carbonyl (C=O) groups is 2. The maximum atomic E-state index is 12.5. The number of quaternary nitrogens is 1. The molecular formula is C20H28N3O3+. The first-order valence-electron chi connectivity index (χ1n) is 9.32. The summed E-state index contributed by atoms with van der Waals surface area (Å²) < 4.78 is 4.91. The van der Waals surface area contributed by atoms with Crippen LogP contribution in [0.2, 0.25) is 0 Å². The number of methoxy groups -OCH3 is 1. The zero-order valence-corrected chi connectivity index (χ0v) is 15.5. The van der Waals surface area contributed by atoms with Crippen LogP contribution in [0.25, 0.3) is 10.9 Å². The third-order valence-electron chi connectivity index (χ3n) is 5.31. The second-order valence-corrected chi connectivity index (χ2v) is 7.32. The molecule has 1 aromatic heterocycles. The Bertz CT molecular complexity index is 763. The molecule has 3 rings (SSSR count). The van der Waals surface area contributed by atoms with Crippen molar-refractivity contribution in [3.8, 4) is 0 Å². The SMILES string of the molecule is COC(=O)[C@H](Cc1c[nH]c2ccccc12)NC(=O)C[NH+]1CCC(C)CC1. The fraction of sp³-hybridized carbons (Fsp3) is 0.500. The predicted molar refractivity (Wildman–Crippen MR) is 99.9 cm³/mol. The number of H-pyrrole nitrogens is 1. The van der Waals surface area contributed by atoms with Crippen molar-refractivity contribution < 1.29 is 19.2 Å². The Morgan fingerprint density at radius 3 is 2.77 bits per heavy atom. The van der Waals surface area contributed by atoms with Gasteiger partial charge in [-0.3, -0.25) is 4.79 Å². The van der Waals surface area contributed by atoms with E-state index in [1.165, 1.54) is 12.0 Å². The summed E-state index contributed by atoms with van der Waals surface area (Å²) in [6, 6.07) is 7.26. The highest BCUT2D eigenvalue weighted by Gasteiger charge is 2.26. The van der Waals surface area contributed by atoms with Gasteiger partial charge in [0.1, 0.15) is 6.04 Å². The fourth-order valence-corrected chi connectivity index (χ4v) is 3.68. The summed E-state index contributed by atoms with van der Waals surface area (Å²) in [6.07, 6.45) is 4.61. The molecular weight excluding hydrogens is 330 g/mol. The Hall–Kier alpha value is -2.34. The number of hydrogen-bond acceptors (Lipinski definition) is 3. The Labute approximate surface area is 153 Å². The first kappa shape index (κ1) is 18.5. The number of rotatable bonds is 6. The van der Waals surface area contributed by atoms with Crippen molar-refractivity contribution in [1.29, 1.82) is 0 Å². The normalized spacial score (nSPS) is 21.3. The summed E-state index contributed by atoms with van der Waals surface area (Å²) in [5, 5.41) is 3.94. The first-order chi connectivity index (χ1) is 12.6. The highest BCUT2D eigenvalue weighted by Crippen LogP contribution is 2.19. The van der Waals surface area contributed by atoms with Gasteiger partial charge in [0, 0.05) is 23.5 Å². The molecule has 0 bridgehead atoms. The number of fused-ring (bicyclic) bond motifs is 1. The van der Waals surface area contributed by atoms with Gasteiger partial charge in [0.25, 0.3) is 5.91 Å². The molecule has 1 amide bonds. The van der Waals surface area contributed by atoms with E-state index < -0.39 is 12.0 Å². The van der Waals surface area contributed by atoms with Gasteiger partial charge < -0.3 is 19.9 Å². The molecule has 0 saturated carbocycles. The lowest BCUT2D eigenvalue weighted by molar-refractivity contribution is -0.898. The number of ether oxygens (including phenoxy) is 1. The second-order valence-electron chi connectivity index (χ2n) is 7.32. The molecule has 1 saturated heterocycles. The summed E-state index contributed by atoms with van der Waals surface area (Å²) in [5.74, 6) is 0.238. The van der Waals surface area contributed by atoms with Crippen LogP contribution in [0.3, 0.4) is 0 Å². The molecule has 1 fully saturated rings. The van der Waals surface area contributed by atoms with Gasteiger partial charge in [-0.15, -0.1) is 0 Å². The van der Waals surface area contributed by atoms with Crippen LogP contribution >= 0.6 is 0 Å². The summed E-state index contributed by atoms with van der Waals surface area (Å²) >= 11 is 0. The molecule has 0 aliphatic carbocycles. The number of nitrogens with one attached hydrogen (secondary N) is 3. The van der Waals surface area contributed by atoms with Crippen molar-refractivity contribution in [1.82, 2.24) is 10.3 Å². The number of amides is 1. The summed E-state index contributed by atoms with van der Waals surface area (Å²) in [7, 11) is 1.36. The minimum atomic E-state index is -0.671. The van der Waals surface area contributed by atoms with Crippen LogP contribution in [-0.4, -0.2) is 49.6 Å².